The molecular formula is C19H25ClN4O. The molecule has 2 aliphatic heterocycles. The predicted molar refractivity (Wildman–Crippen MR) is 101 cm³/mol. The lowest BCUT2D eigenvalue weighted by molar-refractivity contribution is 0.257. The van der Waals surface area contributed by atoms with Crippen molar-refractivity contribution in [1.82, 2.24) is 19.9 Å². The summed E-state index contributed by atoms with van der Waals surface area (Å²) in [4.78, 5) is 21.7. The first-order valence-corrected chi connectivity index (χ1v) is 8.94. The standard InChI is InChI=1S/C19H24N4O.ClH/c1-3-4-14-10-21-12(2)22-19(14)15-6-17-16-5-13(8-20-9-16)11-23(17)18(24)7-15;/h6-7,10,13,16,20H,3-5,8-9,11H2,1-2H3;1H/t13-,16+;/m0./s1. The summed E-state index contributed by atoms with van der Waals surface area (Å²) < 4.78 is 1.98. The average Bonchev–Trinajstić information content (AvgIpc) is 2.58. The van der Waals surface area contributed by atoms with E-state index in [9.17, 15) is 4.79 Å². The number of aromatic nitrogens is 3. The molecule has 2 aromatic heterocycles. The first-order chi connectivity index (χ1) is 11.7. The second kappa shape index (κ2) is 7.26. The van der Waals surface area contributed by atoms with Gasteiger partial charge in [0.15, 0.2) is 0 Å². The van der Waals surface area contributed by atoms with Gasteiger partial charge in [-0.15, -0.1) is 12.4 Å². The van der Waals surface area contributed by atoms with E-state index in [1.54, 1.807) is 6.07 Å². The van der Waals surface area contributed by atoms with Crippen LogP contribution >= 0.6 is 12.4 Å². The lowest BCUT2D eigenvalue weighted by Gasteiger charge is -2.37. The number of rotatable bonds is 3. The van der Waals surface area contributed by atoms with Crippen LogP contribution < -0.4 is 10.9 Å². The number of piperidine rings is 1. The third kappa shape index (κ3) is 3.35. The van der Waals surface area contributed by atoms with Crippen molar-refractivity contribution < 1.29 is 0 Å². The van der Waals surface area contributed by atoms with Crippen molar-refractivity contribution in [3.8, 4) is 11.3 Å². The third-order valence-corrected chi connectivity index (χ3v) is 5.24. The molecule has 0 aromatic carbocycles. The zero-order chi connectivity index (χ0) is 16.7. The van der Waals surface area contributed by atoms with Crippen molar-refractivity contribution >= 4 is 12.4 Å². The number of halogens is 1. The van der Waals surface area contributed by atoms with Gasteiger partial charge in [-0.1, -0.05) is 13.3 Å². The van der Waals surface area contributed by atoms with Gasteiger partial charge in [0.05, 0.1) is 5.69 Å². The van der Waals surface area contributed by atoms with Crippen molar-refractivity contribution in [2.45, 2.75) is 45.6 Å². The smallest absolute Gasteiger partial charge is 0.251 e. The second-order valence-electron chi connectivity index (χ2n) is 7.12. The van der Waals surface area contributed by atoms with Crippen LogP contribution in [0, 0.1) is 12.8 Å². The van der Waals surface area contributed by atoms with Gasteiger partial charge in [-0.05, 0) is 43.9 Å². The van der Waals surface area contributed by atoms with Crippen molar-refractivity contribution in [2.24, 2.45) is 5.92 Å². The molecule has 134 valence electrons. The van der Waals surface area contributed by atoms with Crippen molar-refractivity contribution in [3.63, 3.8) is 0 Å². The summed E-state index contributed by atoms with van der Waals surface area (Å²) in [6, 6.07) is 3.95. The van der Waals surface area contributed by atoms with E-state index in [2.05, 4.69) is 28.3 Å². The molecule has 0 amide bonds. The van der Waals surface area contributed by atoms with Crippen molar-refractivity contribution in [3.05, 3.63) is 45.8 Å². The van der Waals surface area contributed by atoms with Crippen LogP contribution in [-0.2, 0) is 13.0 Å². The molecule has 0 unspecified atom stereocenters. The van der Waals surface area contributed by atoms with Gasteiger partial charge >= 0.3 is 0 Å². The lowest BCUT2D eigenvalue weighted by Crippen LogP contribution is -2.44. The highest BCUT2D eigenvalue weighted by Gasteiger charge is 2.31. The molecule has 1 fully saturated rings. The normalized spacial score (nSPS) is 21.4. The minimum Gasteiger partial charge on any atom is -0.316 e. The molecule has 5 nitrogen and oxygen atoms in total. The molecule has 2 aliphatic rings. The Bertz CT molecular complexity index is 833. The highest BCUT2D eigenvalue weighted by molar-refractivity contribution is 5.85. The Balaban J connectivity index is 0.00000182. The minimum absolute atomic E-state index is 0. The second-order valence-corrected chi connectivity index (χ2v) is 7.12. The molecule has 4 rings (SSSR count). The van der Waals surface area contributed by atoms with E-state index in [0.717, 1.165) is 55.1 Å². The number of pyridine rings is 1. The molecule has 4 heterocycles. The number of nitrogens with zero attached hydrogens (tertiary/aromatic N) is 3. The van der Waals surface area contributed by atoms with Crippen LogP contribution in [0.5, 0.6) is 0 Å². The Hall–Kier alpha value is -1.72. The first kappa shape index (κ1) is 18.1. The third-order valence-electron chi connectivity index (χ3n) is 5.24. The summed E-state index contributed by atoms with van der Waals surface area (Å²) >= 11 is 0. The van der Waals surface area contributed by atoms with E-state index in [1.807, 2.05) is 17.7 Å². The van der Waals surface area contributed by atoms with E-state index >= 15 is 0 Å². The first-order valence-electron chi connectivity index (χ1n) is 8.94. The fourth-order valence-electron chi connectivity index (χ4n) is 4.14. The SMILES string of the molecule is CCCc1cnc(C)nc1-c1cc2n(c(=O)c1)C[C@@H]1CNC[C@H]2C1.Cl. The van der Waals surface area contributed by atoms with E-state index in [1.165, 1.54) is 12.1 Å². The highest BCUT2D eigenvalue weighted by atomic mass is 35.5. The van der Waals surface area contributed by atoms with Crippen LogP contribution in [-0.4, -0.2) is 27.6 Å². The van der Waals surface area contributed by atoms with Gasteiger partial charge in [0, 0.05) is 42.5 Å². The van der Waals surface area contributed by atoms with E-state index in [-0.39, 0.29) is 18.0 Å². The van der Waals surface area contributed by atoms with Gasteiger partial charge in [-0.3, -0.25) is 4.79 Å². The van der Waals surface area contributed by atoms with E-state index in [4.69, 9.17) is 0 Å². The van der Waals surface area contributed by atoms with Crippen LogP contribution in [0.25, 0.3) is 11.3 Å². The number of hydrogen-bond acceptors (Lipinski definition) is 4. The molecular weight excluding hydrogens is 336 g/mol. The maximum Gasteiger partial charge on any atom is 0.251 e. The molecule has 2 atom stereocenters. The quantitative estimate of drug-likeness (QED) is 0.914. The number of fused-ring (bicyclic) bond motifs is 4. The maximum absolute atomic E-state index is 12.7. The lowest BCUT2D eigenvalue weighted by atomic mass is 9.83. The van der Waals surface area contributed by atoms with Crippen LogP contribution in [0.3, 0.4) is 0 Å². The summed E-state index contributed by atoms with van der Waals surface area (Å²) in [5.41, 5.74) is 4.28. The molecule has 0 radical (unpaired) electrons. The highest BCUT2D eigenvalue weighted by Crippen LogP contribution is 2.34. The van der Waals surface area contributed by atoms with Gasteiger partial charge in [0.1, 0.15) is 5.82 Å². The molecule has 2 bridgehead atoms. The Labute approximate surface area is 154 Å². The zero-order valence-corrected chi connectivity index (χ0v) is 15.6. The van der Waals surface area contributed by atoms with Gasteiger partial charge in [0.25, 0.3) is 5.56 Å². The molecule has 1 saturated heterocycles. The molecule has 0 aliphatic carbocycles. The summed E-state index contributed by atoms with van der Waals surface area (Å²) in [5, 5.41) is 3.51. The summed E-state index contributed by atoms with van der Waals surface area (Å²) in [7, 11) is 0. The Morgan fingerprint density at radius 1 is 1.32 bits per heavy atom. The summed E-state index contributed by atoms with van der Waals surface area (Å²) in [6.45, 7) is 6.88. The Morgan fingerprint density at radius 3 is 2.96 bits per heavy atom. The fraction of sp³-hybridized carbons (Fsp3) is 0.526. The van der Waals surface area contributed by atoms with Gasteiger partial charge < -0.3 is 9.88 Å². The monoisotopic (exact) mass is 360 g/mol. The fourth-order valence-corrected chi connectivity index (χ4v) is 4.14. The average molecular weight is 361 g/mol. The topological polar surface area (TPSA) is 59.8 Å². The zero-order valence-electron chi connectivity index (χ0n) is 14.8. The van der Waals surface area contributed by atoms with E-state index in [0.29, 0.717) is 11.8 Å². The molecule has 2 aromatic rings. The van der Waals surface area contributed by atoms with Crippen LogP contribution in [0.1, 0.15) is 42.8 Å². The molecule has 0 saturated carbocycles. The molecule has 6 heteroatoms. The van der Waals surface area contributed by atoms with Gasteiger partial charge in [-0.25, -0.2) is 9.97 Å². The van der Waals surface area contributed by atoms with Gasteiger partial charge in [-0.2, -0.15) is 0 Å². The molecule has 0 spiro atoms. The maximum atomic E-state index is 12.7. The van der Waals surface area contributed by atoms with E-state index < -0.39 is 0 Å². The number of aryl methyl sites for hydroxylation is 2. The van der Waals surface area contributed by atoms with Crippen LogP contribution in [0.15, 0.2) is 23.1 Å². The number of nitrogens with one attached hydrogen (secondary N) is 1. The molecule has 25 heavy (non-hydrogen) atoms. The largest absolute Gasteiger partial charge is 0.316 e. The Kier molecular flexibility index (Phi) is 5.25. The predicted octanol–water partition coefficient (Wildman–Crippen LogP) is 2.69. The van der Waals surface area contributed by atoms with Crippen LogP contribution in [0.2, 0.25) is 0 Å². The van der Waals surface area contributed by atoms with Crippen molar-refractivity contribution in [1.29, 1.82) is 0 Å². The van der Waals surface area contributed by atoms with Crippen molar-refractivity contribution in [2.75, 3.05) is 13.1 Å². The summed E-state index contributed by atoms with van der Waals surface area (Å²) in [6.07, 6.45) is 5.07. The van der Waals surface area contributed by atoms with Gasteiger partial charge in [0.2, 0.25) is 0 Å². The Morgan fingerprint density at radius 2 is 2.16 bits per heavy atom. The number of hydrogen-bond donors (Lipinski definition) is 1. The van der Waals surface area contributed by atoms with Crippen LogP contribution in [0.4, 0.5) is 0 Å². The minimum atomic E-state index is 0. The summed E-state index contributed by atoms with van der Waals surface area (Å²) in [5.74, 6) is 1.77. The molecule has 1 N–H and O–H groups in total.